The average Bonchev–Trinajstić information content (AvgIpc) is 2.36. The van der Waals surface area contributed by atoms with Crippen LogP contribution in [0.1, 0.15) is 31.9 Å². The predicted molar refractivity (Wildman–Crippen MR) is 74.4 cm³/mol. The van der Waals surface area contributed by atoms with Gasteiger partial charge in [-0.3, -0.25) is 0 Å². The molecule has 0 saturated carbocycles. The molecule has 0 aromatic heterocycles. The lowest BCUT2D eigenvalue weighted by Crippen LogP contribution is -2.37. The molecule has 0 bridgehead atoms. The van der Waals surface area contributed by atoms with Gasteiger partial charge in [0.1, 0.15) is 5.60 Å². The summed E-state index contributed by atoms with van der Waals surface area (Å²) in [6.07, 6.45) is 0.0230. The first kappa shape index (κ1) is 15.7. The van der Waals surface area contributed by atoms with Gasteiger partial charge < -0.3 is 4.74 Å². The van der Waals surface area contributed by atoms with Crippen LogP contribution in [0.15, 0.2) is 24.3 Å². The summed E-state index contributed by atoms with van der Waals surface area (Å²) in [4.78, 5) is 12.1. The van der Waals surface area contributed by atoms with Crippen LogP contribution in [-0.2, 0) is 16.0 Å². The fourth-order valence-electron chi connectivity index (χ4n) is 1.64. The van der Waals surface area contributed by atoms with Gasteiger partial charge in [0.15, 0.2) is 0 Å². The number of nitrogens with zero attached hydrogens (tertiary/aromatic N) is 2. The van der Waals surface area contributed by atoms with E-state index in [-0.39, 0.29) is 6.42 Å². The molecular formula is C16H18N2O2. The number of carbonyl (C=O) groups excluding carboxylic acids is 1. The van der Waals surface area contributed by atoms with Crippen LogP contribution in [0.3, 0.4) is 0 Å². The van der Waals surface area contributed by atoms with Crippen molar-refractivity contribution in [2.45, 2.75) is 39.7 Å². The van der Waals surface area contributed by atoms with Crippen LogP contribution in [0.5, 0.6) is 0 Å². The third-order valence-corrected chi connectivity index (χ3v) is 2.72. The second-order valence-electron chi connectivity index (χ2n) is 5.79. The van der Waals surface area contributed by atoms with E-state index >= 15 is 0 Å². The highest BCUT2D eigenvalue weighted by atomic mass is 16.6. The minimum absolute atomic E-state index is 0.0230. The van der Waals surface area contributed by atoms with Gasteiger partial charge in [-0.1, -0.05) is 29.8 Å². The summed E-state index contributed by atoms with van der Waals surface area (Å²) in [6.45, 7) is 7.06. The molecule has 0 fully saturated rings. The topological polar surface area (TPSA) is 73.9 Å². The average molecular weight is 270 g/mol. The van der Waals surface area contributed by atoms with E-state index in [0.717, 1.165) is 11.1 Å². The molecule has 0 aliphatic heterocycles. The molecule has 1 rings (SSSR count). The summed E-state index contributed by atoms with van der Waals surface area (Å²) < 4.78 is 5.20. The molecule has 0 heterocycles. The second-order valence-corrected chi connectivity index (χ2v) is 5.79. The summed E-state index contributed by atoms with van der Waals surface area (Å²) in [5.74, 6) is -0.796. The van der Waals surface area contributed by atoms with E-state index in [9.17, 15) is 15.3 Å². The Morgan fingerprint density at radius 2 is 1.65 bits per heavy atom. The van der Waals surface area contributed by atoms with Crippen LogP contribution >= 0.6 is 0 Å². The molecule has 4 heteroatoms. The van der Waals surface area contributed by atoms with Crippen molar-refractivity contribution >= 4 is 5.97 Å². The first-order chi connectivity index (χ1) is 9.22. The molecule has 0 aliphatic rings. The molecule has 1 aromatic carbocycles. The Bertz CT molecular complexity index is 554. The second kappa shape index (κ2) is 5.75. The highest BCUT2D eigenvalue weighted by Crippen LogP contribution is 2.26. The molecule has 1 aromatic rings. The van der Waals surface area contributed by atoms with E-state index in [0.29, 0.717) is 0 Å². The van der Waals surface area contributed by atoms with Crippen LogP contribution in [0.2, 0.25) is 0 Å². The minimum Gasteiger partial charge on any atom is -0.458 e. The van der Waals surface area contributed by atoms with Crippen LogP contribution in [0, 0.1) is 35.0 Å². The summed E-state index contributed by atoms with van der Waals surface area (Å²) >= 11 is 0. The molecule has 104 valence electrons. The van der Waals surface area contributed by atoms with E-state index in [1.807, 2.05) is 43.3 Å². The number of nitriles is 2. The highest BCUT2D eigenvalue weighted by Gasteiger charge is 2.43. The maximum atomic E-state index is 12.1. The normalized spacial score (nSPS) is 11.3. The van der Waals surface area contributed by atoms with Crippen molar-refractivity contribution in [1.82, 2.24) is 0 Å². The molecular weight excluding hydrogens is 252 g/mol. The molecule has 0 spiro atoms. The fourth-order valence-corrected chi connectivity index (χ4v) is 1.64. The van der Waals surface area contributed by atoms with Crippen molar-refractivity contribution in [3.05, 3.63) is 35.4 Å². The summed E-state index contributed by atoms with van der Waals surface area (Å²) in [5.41, 5.74) is -0.707. The Balaban J connectivity index is 3.05. The highest BCUT2D eigenvalue weighted by molar-refractivity contribution is 5.84. The van der Waals surface area contributed by atoms with E-state index in [2.05, 4.69) is 0 Å². The Morgan fingerprint density at radius 3 is 2.05 bits per heavy atom. The third-order valence-electron chi connectivity index (χ3n) is 2.72. The van der Waals surface area contributed by atoms with E-state index in [4.69, 9.17) is 4.74 Å². The summed E-state index contributed by atoms with van der Waals surface area (Å²) in [6, 6.07) is 11.0. The number of hydrogen-bond donors (Lipinski definition) is 0. The lowest BCUT2D eigenvalue weighted by atomic mass is 9.84. The smallest absolute Gasteiger partial charge is 0.342 e. The maximum absolute atomic E-state index is 12.1. The third kappa shape index (κ3) is 3.83. The predicted octanol–water partition coefficient (Wildman–Crippen LogP) is 2.91. The Hall–Kier alpha value is -2.33. The molecule has 0 unspecified atom stereocenters. The Morgan fingerprint density at radius 1 is 1.15 bits per heavy atom. The number of rotatable bonds is 3. The van der Waals surface area contributed by atoms with Gasteiger partial charge in [-0.25, -0.2) is 4.79 Å². The van der Waals surface area contributed by atoms with Crippen molar-refractivity contribution in [3.8, 4) is 12.1 Å². The number of aryl methyl sites for hydroxylation is 1. The molecule has 0 N–H and O–H groups in total. The zero-order valence-corrected chi connectivity index (χ0v) is 12.2. The fraction of sp³-hybridized carbons (Fsp3) is 0.438. The van der Waals surface area contributed by atoms with E-state index in [1.54, 1.807) is 20.8 Å². The van der Waals surface area contributed by atoms with Gasteiger partial charge in [-0.2, -0.15) is 10.5 Å². The largest absolute Gasteiger partial charge is 0.458 e. The molecule has 20 heavy (non-hydrogen) atoms. The van der Waals surface area contributed by atoms with Gasteiger partial charge in [0, 0.05) is 6.42 Å². The van der Waals surface area contributed by atoms with Crippen LogP contribution in [0.25, 0.3) is 0 Å². The van der Waals surface area contributed by atoms with Crippen LogP contribution in [-0.4, -0.2) is 11.6 Å². The first-order valence-corrected chi connectivity index (χ1v) is 6.34. The summed E-state index contributed by atoms with van der Waals surface area (Å²) in [7, 11) is 0. The number of hydrogen-bond acceptors (Lipinski definition) is 4. The Labute approximate surface area is 119 Å². The van der Waals surface area contributed by atoms with E-state index in [1.165, 1.54) is 0 Å². The Kier molecular flexibility index (Phi) is 4.53. The van der Waals surface area contributed by atoms with E-state index < -0.39 is 17.0 Å². The molecule has 0 atom stereocenters. The van der Waals surface area contributed by atoms with Crippen LogP contribution in [0.4, 0.5) is 0 Å². The minimum atomic E-state index is -1.80. The maximum Gasteiger partial charge on any atom is 0.342 e. The van der Waals surface area contributed by atoms with Gasteiger partial charge >= 0.3 is 5.97 Å². The van der Waals surface area contributed by atoms with Gasteiger partial charge in [0.2, 0.25) is 5.41 Å². The van der Waals surface area contributed by atoms with Gasteiger partial charge in [-0.05, 0) is 33.3 Å². The van der Waals surface area contributed by atoms with Gasteiger partial charge in [0.05, 0.1) is 12.1 Å². The zero-order valence-electron chi connectivity index (χ0n) is 12.2. The quantitative estimate of drug-likeness (QED) is 0.791. The molecule has 0 saturated heterocycles. The lowest BCUT2D eigenvalue weighted by Gasteiger charge is -2.25. The lowest BCUT2D eigenvalue weighted by molar-refractivity contribution is -0.161. The standard InChI is InChI=1S/C16H18N2O2/c1-12-5-7-13(8-6-12)9-16(10-17,11-18)14(19)20-15(2,3)4/h5-8H,9H2,1-4H3. The molecule has 4 nitrogen and oxygen atoms in total. The summed E-state index contributed by atoms with van der Waals surface area (Å²) in [5, 5.41) is 18.6. The van der Waals surface area contributed by atoms with Crippen molar-refractivity contribution in [2.24, 2.45) is 5.41 Å². The SMILES string of the molecule is Cc1ccc(CC(C#N)(C#N)C(=O)OC(C)(C)C)cc1. The first-order valence-electron chi connectivity index (χ1n) is 6.34. The molecule has 0 aliphatic carbocycles. The number of benzene rings is 1. The molecule has 0 amide bonds. The van der Waals surface area contributed by atoms with Crippen molar-refractivity contribution in [3.63, 3.8) is 0 Å². The van der Waals surface area contributed by atoms with Crippen molar-refractivity contribution in [1.29, 1.82) is 10.5 Å². The van der Waals surface area contributed by atoms with Crippen LogP contribution < -0.4 is 0 Å². The van der Waals surface area contributed by atoms with Gasteiger partial charge in [0.25, 0.3) is 0 Å². The van der Waals surface area contributed by atoms with Gasteiger partial charge in [-0.15, -0.1) is 0 Å². The van der Waals surface area contributed by atoms with Crippen molar-refractivity contribution < 1.29 is 9.53 Å². The monoisotopic (exact) mass is 270 g/mol. The zero-order chi connectivity index (χ0) is 15.4. The van der Waals surface area contributed by atoms with Crippen molar-refractivity contribution in [2.75, 3.05) is 0 Å². The number of carbonyl (C=O) groups is 1. The molecule has 0 radical (unpaired) electrons. The number of ether oxygens (including phenoxy) is 1. The number of esters is 1.